The Morgan fingerprint density at radius 2 is 0.857 bits per heavy atom. The van der Waals surface area contributed by atoms with Crippen LogP contribution in [0.25, 0.3) is 11.1 Å². The zero-order valence-electron chi connectivity index (χ0n) is 66.1. The minimum atomic E-state index is -4.38. The Balaban J connectivity index is 0.000000124. The molecule has 4 amide bonds. The minimum Gasteiger partial charge on any atom is -0.497 e. The molecule has 18 rings (SSSR count). The highest BCUT2D eigenvalue weighted by Crippen LogP contribution is 2.51. The number of ether oxygens (including phenoxy) is 5. The van der Waals surface area contributed by atoms with E-state index in [2.05, 4.69) is 36.1 Å². The molecular formula is C95H93F3N10O10S. The summed E-state index contributed by atoms with van der Waals surface area (Å²) in [5, 5.41) is 16.8. The predicted molar refractivity (Wildman–Crippen MR) is 449 cm³/mol. The SMILES string of the molecule is COc1ccc(-c2cccc(C(=O)N3CCC4(CC3)COc3ccc(CN)cc34)c2)cc1.N#Cc1cccc(C(=O)N2CCC3(CC2)COc2ccc(CN)cc23)c1.N=C(N)c1ccc2c(c1)C1(CCN(C(=O)c3ccc(C#Cc4ccccc4)o3)CC1)CO2.NCc1ccc2c(c1)C1(CCN(C(=O)c3cccc(SC(F)(F)F)c3)CC1)CO2. The average Bonchev–Trinajstić information content (AvgIpc) is 1.63. The number of nitrogens with one attached hydrogen (secondary N) is 1. The fourth-order valence-electron chi connectivity index (χ4n) is 17.4. The molecule has 4 saturated heterocycles. The first-order valence-electron chi connectivity index (χ1n) is 40.1. The van der Waals surface area contributed by atoms with Gasteiger partial charge in [0.1, 0.15) is 34.6 Å². The van der Waals surface area contributed by atoms with Crippen molar-refractivity contribution in [3.63, 3.8) is 0 Å². The van der Waals surface area contributed by atoms with Crippen molar-refractivity contribution >= 4 is 41.2 Å². The van der Waals surface area contributed by atoms with E-state index in [1.54, 1.807) is 54.5 Å². The molecule has 9 heterocycles. The second kappa shape index (κ2) is 35.1. The van der Waals surface area contributed by atoms with E-state index in [9.17, 15) is 32.3 Å². The lowest BCUT2D eigenvalue weighted by atomic mass is 9.74. The highest BCUT2D eigenvalue weighted by molar-refractivity contribution is 8.00. The number of hydrogen-bond acceptors (Lipinski definition) is 16. The van der Waals surface area contributed by atoms with Crippen molar-refractivity contribution in [1.82, 2.24) is 19.6 Å². The summed E-state index contributed by atoms with van der Waals surface area (Å²) in [5.41, 5.74) is 32.2. The Kier molecular flexibility index (Phi) is 24.1. The molecule has 0 saturated carbocycles. The van der Waals surface area contributed by atoms with Gasteiger partial charge in [0.2, 0.25) is 0 Å². The van der Waals surface area contributed by atoms with E-state index in [0.717, 1.165) is 143 Å². The summed E-state index contributed by atoms with van der Waals surface area (Å²) < 4.78 is 72.5. The van der Waals surface area contributed by atoms with Gasteiger partial charge < -0.3 is 70.6 Å². The number of halogens is 3. The molecule has 9 N–H and O–H groups in total. The standard InChI is InChI=1S/C27H28N2O3.C26H23N3O3.C21H21F3N2O2S.C21H21N3O2/c1-31-23-8-6-20(7-9-23)21-3-2-4-22(16-21)26(30)29-13-11-27(12-14-29)18-32-25-10-5-19(17-28)15-24(25)27;27-24(28)19-7-10-22-21(16-19)26(17-31-22)12-14-29(15-13-26)25(30)23-11-9-20(32-23)8-6-18-4-2-1-3-5-18;22-21(23,24)29-16-3-1-2-15(11-16)19(27)26-8-6-20(7-9-26)13-28-18-5-4-14(12-25)10-17(18)20;22-12-15-2-1-3-17(10-15)20(25)24-8-6-21(7-9-24)14-26-19-5-4-16(13-23)11-18(19)21/h2-10,15-16H,11-14,17-18,28H2,1H3;1-5,7,9-11,16H,12-15,17H2,(H3,27,28);1-5,10-11H,6-9,12-13,25H2;1-5,10-11H,6-9,13-14,23H2. The molecular weight excluding hydrogens is 1530 g/mol. The summed E-state index contributed by atoms with van der Waals surface area (Å²) in [6.45, 7) is 9.13. The molecule has 8 aliphatic rings. The van der Waals surface area contributed by atoms with E-state index in [-0.39, 0.29) is 73.3 Å². The molecule has 0 unspecified atom stereocenters. The number of nitrogens with two attached hydrogens (primary N) is 4. The molecule has 0 bridgehead atoms. The van der Waals surface area contributed by atoms with Crippen LogP contribution in [-0.2, 0) is 41.3 Å². The van der Waals surface area contributed by atoms with Gasteiger partial charge >= 0.3 is 5.51 Å². The van der Waals surface area contributed by atoms with E-state index in [1.807, 2.05) is 148 Å². The number of benzene rings is 9. The molecule has 4 fully saturated rings. The number of furan rings is 1. The Morgan fingerprint density at radius 1 is 0.445 bits per heavy atom. The first kappa shape index (κ1) is 81.8. The molecule has 8 aliphatic heterocycles. The zero-order chi connectivity index (χ0) is 83.1. The second-order valence-electron chi connectivity index (χ2n) is 31.5. The van der Waals surface area contributed by atoms with Crippen LogP contribution >= 0.6 is 11.8 Å². The molecule has 119 heavy (non-hydrogen) atoms. The van der Waals surface area contributed by atoms with Crippen LogP contribution in [0.5, 0.6) is 28.7 Å². The van der Waals surface area contributed by atoms with Gasteiger partial charge in [0.25, 0.3) is 23.6 Å². The average molecular weight is 1620 g/mol. The number of methoxy groups -OCH3 is 1. The zero-order valence-corrected chi connectivity index (χ0v) is 67.0. The fourth-order valence-corrected chi connectivity index (χ4v) is 18.0. The summed E-state index contributed by atoms with van der Waals surface area (Å²) in [5.74, 6) is 11.0. The van der Waals surface area contributed by atoms with Gasteiger partial charge in [-0.05, 0) is 218 Å². The van der Waals surface area contributed by atoms with Crippen LogP contribution < -0.4 is 46.6 Å². The van der Waals surface area contributed by atoms with Crippen molar-refractivity contribution in [3.05, 3.63) is 296 Å². The fraction of sp³-hybridized carbons (Fsp3) is 0.305. The molecule has 0 radical (unpaired) electrons. The topological polar surface area (TPSA) is 292 Å². The summed E-state index contributed by atoms with van der Waals surface area (Å²) in [6.07, 6.45) is 6.61. The number of fused-ring (bicyclic) bond motifs is 8. The second-order valence-corrected chi connectivity index (χ2v) is 32.7. The van der Waals surface area contributed by atoms with Crippen LogP contribution in [0.1, 0.15) is 154 Å². The number of nitrogen functional groups attached to an aromatic ring is 1. The highest BCUT2D eigenvalue weighted by atomic mass is 32.2. The normalized spacial score (nSPS) is 16.9. The smallest absolute Gasteiger partial charge is 0.446 e. The van der Waals surface area contributed by atoms with Gasteiger partial charge in [-0.25, -0.2) is 0 Å². The van der Waals surface area contributed by atoms with Crippen molar-refractivity contribution in [2.45, 2.75) is 103 Å². The van der Waals surface area contributed by atoms with Crippen molar-refractivity contribution in [3.8, 4) is 57.8 Å². The third-order valence-corrected chi connectivity index (χ3v) is 25.2. The molecule has 610 valence electrons. The van der Waals surface area contributed by atoms with Gasteiger partial charge in [-0.1, -0.05) is 96.9 Å². The van der Waals surface area contributed by atoms with Crippen molar-refractivity contribution in [1.29, 1.82) is 10.7 Å². The number of rotatable bonds is 11. The number of amides is 4. The van der Waals surface area contributed by atoms with Crippen LogP contribution in [0.15, 0.2) is 222 Å². The number of nitriles is 1. The van der Waals surface area contributed by atoms with E-state index in [0.29, 0.717) is 114 Å². The number of thioether (sulfide) groups is 1. The Morgan fingerprint density at radius 3 is 1.29 bits per heavy atom. The summed E-state index contributed by atoms with van der Waals surface area (Å²) in [4.78, 5) is 59.3. The summed E-state index contributed by atoms with van der Waals surface area (Å²) in [6, 6.07) is 67.7. The van der Waals surface area contributed by atoms with E-state index in [4.69, 9.17) is 61.7 Å². The third-order valence-electron chi connectivity index (χ3n) is 24.5. The molecule has 0 atom stereocenters. The van der Waals surface area contributed by atoms with Crippen LogP contribution in [0.2, 0.25) is 0 Å². The lowest BCUT2D eigenvalue weighted by Gasteiger charge is -2.38. The maximum atomic E-state index is 13.3. The van der Waals surface area contributed by atoms with Crippen molar-refractivity contribution in [2.24, 2.45) is 22.9 Å². The first-order chi connectivity index (χ1) is 57.6. The molecule has 1 aromatic heterocycles. The number of carbonyl (C=O) groups is 4. The van der Waals surface area contributed by atoms with Crippen LogP contribution in [0, 0.1) is 28.6 Å². The summed E-state index contributed by atoms with van der Waals surface area (Å²) >= 11 is -0.208. The van der Waals surface area contributed by atoms with Gasteiger partial charge in [-0.15, -0.1) is 0 Å². The van der Waals surface area contributed by atoms with Crippen LogP contribution in [0.3, 0.4) is 0 Å². The van der Waals surface area contributed by atoms with Gasteiger partial charge in [0.15, 0.2) is 11.5 Å². The molecule has 0 aliphatic carbocycles. The monoisotopic (exact) mass is 1620 g/mol. The quantitative estimate of drug-likeness (QED) is 0.0348. The maximum absolute atomic E-state index is 13.3. The van der Waals surface area contributed by atoms with Gasteiger partial charge in [-0.3, -0.25) is 24.6 Å². The van der Waals surface area contributed by atoms with E-state index >= 15 is 0 Å². The Hall–Kier alpha value is -12.3. The Bertz CT molecular complexity index is 5550. The number of nitrogens with zero attached hydrogens (tertiary/aromatic N) is 5. The number of amidine groups is 1. The molecule has 4 spiro atoms. The number of carbonyl (C=O) groups excluding carboxylic acids is 4. The van der Waals surface area contributed by atoms with E-state index < -0.39 is 5.51 Å². The van der Waals surface area contributed by atoms with Crippen molar-refractivity contribution in [2.75, 3.05) is 85.9 Å². The lowest BCUT2D eigenvalue weighted by molar-refractivity contribution is -0.0328. The van der Waals surface area contributed by atoms with Crippen molar-refractivity contribution < 1.29 is 60.5 Å². The van der Waals surface area contributed by atoms with Crippen LogP contribution in [0.4, 0.5) is 13.2 Å². The maximum Gasteiger partial charge on any atom is 0.446 e. The van der Waals surface area contributed by atoms with Gasteiger partial charge in [0, 0.05) is 149 Å². The number of piperidine rings is 4. The first-order valence-corrected chi connectivity index (χ1v) is 40.9. The largest absolute Gasteiger partial charge is 0.497 e. The van der Waals surface area contributed by atoms with E-state index in [1.165, 1.54) is 29.3 Å². The van der Waals surface area contributed by atoms with Gasteiger partial charge in [0.05, 0.1) is 45.2 Å². The molecule has 24 heteroatoms. The number of alkyl halides is 3. The molecule has 20 nitrogen and oxygen atoms in total. The van der Waals surface area contributed by atoms with Crippen LogP contribution in [-0.4, -0.2) is 140 Å². The molecule has 9 aromatic carbocycles. The Labute approximate surface area is 694 Å². The van der Waals surface area contributed by atoms with Gasteiger partial charge in [-0.2, -0.15) is 18.4 Å². The summed E-state index contributed by atoms with van der Waals surface area (Å²) in [7, 11) is 1.66. The lowest BCUT2D eigenvalue weighted by Crippen LogP contribution is -2.46. The number of hydrogen-bond donors (Lipinski definition) is 5. The highest BCUT2D eigenvalue weighted by Gasteiger charge is 2.49. The minimum absolute atomic E-state index is 0.00759. The predicted octanol–water partition coefficient (Wildman–Crippen LogP) is 14.8. The molecule has 10 aromatic rings. The third kappa shape index (κ3) is 17.8. The number of likely N-dealkylation sites (tertiary alicyclic amines) is 4.